The van der Waals surface area contributed by atoms with Crippen LogP contribution >= 0.6 is 7.82 Å². The van der Waals surface area contributed by atoms with Gasteiger partial charge in [-0.1, -0.05) is 20.8 Å². The van der Waals surface area contributed by atoms with Crippen molar-refractivity contribution in [3.8, 4) is 0 Å². The normalized spacial score (nSPS) is 12.4. The van der Waals surface area contributed by atoms with E-state index >= 15 is 0 Å². The van der Waals surface area contributed by atoms with Gasteiger partial charge in [-0.05, 0) is 5.41 Å². The van der Waals surface area contributed by atoms with Gasteiger partial charge in [-0.3, -0.25) is 9.42 Å². The standard InChI is InChI=1S/C8H18NO6P/c1-8(2,3)5-14-7(10)9(4)6-15-16(11,12)13/h5-6H2,1-4H3,(H2,11,12,13). The summed E-state index contributed by atoms with van der Waals surface area (Å²) in [6.07, 6.45) is -0.691. The quantitative estimate of drug-likeness (QED) is 0.578. The maximum absolute atomic E-state index is 11.3. The van der Waals surface area contributed by atoms with Crippen LogP contribution in [0.3, 0.4) is 0 Å². The number of phosphoric acid groups is 1. The Kier molecular flexibility index (Phi) is 5.41. The van der Waals surface area contributed by atoms with Gasteiger partial charge in [-0.2, -0.15) is 0 Å². The number of carbonyl (C=O) groups is 1. The van der Waals surface area contributed by atoms with E-state index in [1.807, 2.05) is 20.8 Å². The molecule has 96 valence electrons. The van der Waals surface area contributed by atoms with Crippen LogP contribution in [0, 0.1) is 5.41 Å². The van der Waals surface area contributed by atoms with Crippen molar-refractivity contribution in [3.63, 3.8) is 0 Å². The first-order valence-electron chi connectivity index (χ1n) is 4.59. The lowest BCUT2D eigenvalue weighted by Crippen LogP contribution is -2.31. The minimum absolute atomic E-state index is 0.166. The van der Waals surface area contributed by atoms with Gasteiger partial charge in [-0.15, -0.1) is 0 Å². The molecule has 7 nitrogen and oxygen atoms in total. The van der Waals surface area contributed by atoms with Gasteiger partial charge < -0.3 is 14.5 Å². The highest BCUT2D eigenvalue weighted by atomic mass is 31.2. The molecule has 0 heterocycles. The lowest BCUT2D eigenvalue weighted by Gasteiger charge is -2.21. The molecule has 0 saturated carbocycles. The Balaban J connectivity index is 3.96. The summed E-state index contributed by atoms with van der Waals surface area (Å²) in [5.74, 6) is 0. The molecule has 0 aliphatic carbocycles. The molecule has 8 heteroatoms. The SMILES string of the molecule is CN(COP(=O)(O)O)C(=O)OCC(C)(C)C. The van der Waals surface area contributed by atoms with Crippen molar-refractivity contribution in [2.45, 2.75) is 20.8 Å². The molecule has 0 unspecified atom stereocenters. The predicted octanol–water partition coefficient (Wildman–Crippen LogP) is 1.17. The van der Waals surface area contributed by atoms with Crippen molar-refractivity contribution >= 4 is 13.9 Å². The molecule has 0 aromatic heterocycles. The van der Waals surface area contributed by atoms with E-state index in [9.17, 15) is 9.36 Å². The third-order valence-electron chi connectivity index (χ3n) is 1.36. The molecule has 0 aromatic carbocycles. The maximum Gasteiger partial charge on any atom is 0.471 e. The first-order valence-corrected chi connectivity index (χ1v) is 6.12. The first kappa shape index (κ1) is 15.4. The summed E-state index contributed by atoms with van der Waals surface area (Å²) in [5, 5.41) is 0. The van der Waals surface area contributed by atoms with Crippen molar-refractivity contribution in [3.05, 3.63) is 0 Å². The van der Waals surface area contributed by atoms with Crippen molar-refractivity contribution in [2.24, 2.45) is 5.41 Å². The number of rotatable bonds is 4. The fourth-order valence-electron chi connectivity index (χ4n) is 0.603. The molecular weight excluding hydrogens is 237 g/mol. The third kappa shape index (κ3) is 8.67. The lowest BCUT2D eigenvalue weighted by molar-refractivity contribution is 0.0513. The summed E-state index contributed by atoms with van der Waals surface area (Å²) >= 11 is 0. The molecule has 0 aromatic rings. The number of phosphoric ester groups is 1. The fourth-order valence-corrected chi connectivity index (χ4v) is 0.927. The van der Waals surface area contributed by atoms with E-state index in [2.05, 4.69) is 4.52 Å². The topological polar surface area (TPSA) is 96.3 Å². The zero-order chi connectivity index (χ0) is 13.0. The zero-order valence-corrected chi connectivity index (χ0v) is 10.7. The summed E-state index contributed by atoms with van der Waals surface area (Å²) in [4.78, 5) is 29.0. The molecule has 0 bridgehead atoms. The molecule has 0 atom stereocenters. The Morgan fingerprint density at radius 3 is 2.25 bits per heavy atom. The molecular formula is C8H18NO6P. The Bertz CT molecular complexity index is 281. The second kappa shape index (κ2) is 5.63. The van der Waals surface area contributed by atoms with Crippen LogP contribution in [0.1, 0.15) is 20.8 Å². The molecule has 1 amide bonds. The number of hydrogen-bond donors (Lipinski definition) is 2. The highest BCUT2D eigenvalue weighted by molar-refractivity contribution is 7.46. The molecule has 0 radical (unpaired) electrons. The van der Waals surface area contributed by atoms with Gasteiger partial charge in [0.1, 0.15) is 6.73 Å². The van der Waals surface area contributed by atoms with Crippen LogP contribution in [-0.2, 0) is 13.8 Å². The fraction of sp³-hybridized carbons (Fsp3) is 0.875. The smallest absolute Gasteiger partial charge is 0.449 e. The largest absolute Gasteiger partial charge is 0.471 e. The van der Waals surface area contributed by atoms with E-state index < -0.39 is 20.6 Å². The summed E-state index contributed by atoms with van der Waals surface area (Å²) < 4.78 is 19.4. The molecule has 0 aliphatic rings. The number of nitrogens with zero attached hydrogens (tertiary/aromatic N) is 1. The van der Waals surface area contributed by atoms with Gasteiger partial charge in [0.25, 0.3) is 0 Å². The number of carbonyl (C=O) groups excluding carboxylic acids is 1. The van der Waals surface area contributed by atoms with Gasteiger partial charge in [0.05, 0.1) is 6.61 Å². The van der Waals surface area contributed by atoms with Gasteiger partial charge in [-0.25, -0.2) is 9.36 Å². The van der Waals surface area contributed by atoms with Crippen LogP contribution in [0.4, 0.5) is 4.79 Å². The average Bonchev–Trinajstić information content (AvgIpc) is 2.07. The second-order valence-electron chi connectivity index (χ2n) is 4.56. The number of hydrogen-bond acceptors (Lipinski definition) is 4. The Morgan fingerprint density at radius 1 is 1.38 bits per heavy atom. The Morgan fingerprint density at radius 2 is 1.88 bits per heavy atom. The molecule has 0 fully saturated rings. The zero-order valence-electron chi connectivity index (χ0n) is 9.84. The van der Waals surface area contributed by atoms with E-state index in [-0.39, 0.29) is 12.0 Å². The van der Waals surface area contributed by atoms with E-state index in [0.717, 1.165) is 4.90 Å². The summed E-state index contributed by atoms with van der Waals surface area (Å²) in [7, 11) is -3.24. The summed E-state index contributed by atoms with van der Waals surface area (Å²) in [5.41, 5.74) is -0.166. The predicted molar refractivity (Wildman–Crippen MR) is 56.6 cm³/mol. The molecule has 0 aliphatic heterocycles. The molecule has 0 saturated heterocycles. The van der Waals surface area contributed by atoms with Crippen LogP contribution < -0.4 is 0 Å². The van der Waals surface area contributed by atoms with Crippen LogP contribution in [0.2, 0.25) is 0 Å². The summed E-state index contributed by atoms with van der Waals surface area (Å²) in [6, 6.07) is 0. The van der Waals surface area contributed by atoms with Crippen LogP contribution in [-0.4, -0.2) is 41.2 Å². The highest BCUT2D eigenvalue weighted by Crippen LogP contribution is 2.35. The molecule has 0 spiro atoms. The minimum Gasteiger partial charge on any atom is -0.449 e. The van der Waals surface area contributed by atoms with E-state index in [1.165, 1.54) is 7.05 Å². The molecule has 0 rings (SSSR count). The monoisotopic (exact) mass is 255 g/mol. The van der Waals surface area contributed by atoms with Crippen molar-refractivity contribution < 1.29 is 28.4 Å². The number of amides is 1. The van der Waals surface area contributed by atoms with Gasteiger partial charge in [0.2, 0.25) is 0 Å². The van der Waals surface area contributed by atoms with Crippen molar-refractivity contribution in [1.29, 1.82) is 0 Å². The van der Waals surface area contributed by atoms with Gasteiger partial charge >= 0.3 is 13.9 Å². The van der Waals surface area contributed by atoms with E-state index in [1.54, 1.807) is 0 Å². The Labute approximate surface area is 94.6 Å². The molecule has 16 heavy (non-hydrogen) atoms. The van der Waals surface area contributed by atoms with Crippen molar-refractivity contribution in [1.82, 2.24) is 4.90 Å². The van der Waals surface area contributed by atoms with Crippen LogP contribution in [0.25, 0.3) is 0 Å². The van der Waals surface area contributed by atoms with Gasteiger partial charge in [0, 0.05) is 7.05 Å². The lowest BCUT2D eigenvalue weighted by atomic mass is 9.99. The Hall–Kier alpha value is -0.620. The maximum atomic E-state index is 11.3. The van der Waals surface area contributed by atoms with E-state index in [0.29, 0.717) is 0 Å². The molecule has 2 N–H and O–H groups in total. The third-order valence-corrected chi connectivity index (χ3v) is 1.81. The van der Waals surface area contributed by atoms with Crippen LogP contribution in [0.15, 0.2) is 0 Å². The average molecular weight is 255 g/mol. The second-order valence-corrected chi connectivity index (χ2v) is 5.80. The highest BCUT2D eigenvalue weighted by Gasteiger charge is 2.20. The number of ether oxygens (including phenoxy) is 1. The van der Waals surface area contributed by atoms with Crippen molar-refractivity contribution in [2.75, 3.05) is 20.4 Å². The summed E-state index contributed by atoms with van der Waals surface area (Å²) in [6.45, 7) is 5.38. The minimum atomic E-state index is -4.56. The van der Waals surface area contributed by atoms with E-state index in [4.69, 9.17) is 14.5 Å². The first-order chi connectivity index (χ1) is 7.01. The van der Waals surface area contributed by atoms with Gasteiger partial charge in [0.15, 0.2) is 0 Å². The van der Waals surface area contributed by atoms with Crippen LogP contribution in [0.5, 0.6) is 0 Å².